The largest absolute Gasteiger partial charge is 0.383 e. The van der Waals surface area contributed by atoms with E-state index in [9.17, 15) is 0 Å². The predicted molar refractivity (Wildman–Crippen MR) is 51.7 cm³/mol. The molecule has 1 aromatic heterocycles. The van der Waals surface area contributed by atoms with Gasteiger partial charge in [-0.3, -0.25) is 0 Å². The van der Waals surface area contributed by atoms with E-state index in [1.54, 1.807) is 13.3 Å². The van der Waals surface area contributed by atoms with Crippen molar-refractivity contribution in [2.24, 2.45) is 0 Å². The van der Waals surface area contributed by atoms with Crippen molar-refractivity contribution < 1.29 is 4.74 Å². The Morgan fingerprint density at radius 3 is 2.93 bits per heavy atom. The van der Waals surface area contributed by atoms with E-state index in [2.05, 4.69) is 15.3 Å². The summed E-state index contributed by atoms with van der Waals surface area (Å²) in [5.74, 6) is 0.500. The second-order valence-electron chi connectivity index (χ2n) is 2.87. The van der Waals surface area contributed by atoms with Gasteiger partial charge in [0.25, 0.3) is 0 Å². The second kappa shape index (κ2) is 5.14. The Bertz CT molecular complexity index is 334. The van der Waals surface area contributed by atoms with Crippen LogP contribution in [0.3, 0.4) is 0 Å². The van der Waals surface area contributed by atoms with E-state index >= 15 is 0 Å². The molecule has 0 saturated heterocycles. The number of methoxy groups -OCH3 is 1. The minimum absolute atomic E-state index is 0.101. The fourth-order valence-corrected chi connectivity index (χ4v) is 1.05. The van der Waals surface area contributed by atoms with Crippen LogP contribution in [0.2, 0.25) is 0 Å². The molecule has 1 N–H and O–H groups in total. The van der Waals surface area contributed by atoms with Crippen molar-refractivity contribution in [3.8, 4) is 6.07 Å². The molecule has 0 aromatic carbocycles. The molecule has 0 fully saturated rings. The van der Waals surface area contributed by atoms with E-state index in [0.29, 0.717) is 18.1 Å². The van der Waals surface area contributed by atoms with Crippen LogP contribution in [0.1, 0.15) is 12.6 Å². The number of rotatable bonds is 4. The van der Waals surface area contributed by atoms with E-state index in [-0.39, 0.29) is 6.04 Å². The van der Waals surface area contributed by atoms with Gasteiger partial charge in [0, 0.05) is 25.5 Å². The monoisotopic (exact) mass is 192 g/mol. The van der Waals surface area contributed by atoms with Crippen molar-refractivity contribution in [2.75, 3.05) is 19.0 Å². The third-order valence-corrected chi connectivity index (χ3v) is 1.60. The number of hydrogen-bond acceptors (Lipinski definition) is 5. The Labute approximate surface area is 82.8 Å². The van der Waals surface area contributed by atoms with Crippen molar-refractivity contribution in [3.05, 3.63) is 18.1 Å². The molecule has 0 aliphatic carbocycles. The fourth-order valence-electron chi connectivity index (χ4n) is 1.05. The highest BCUT2D eigenvalue weighted by Crippen LogP contribution is 2.07. The summed E-state index contributed by atoms with van der Waals surface area (Å²) in [6, 6.07) is 2.07. The summed E-state index contributed by atoms with van der Waals surface area (Å²) in [5.41, 5.74) is 0.301. The van der Waals surface area contributed by atoms with Gasteiger partial charge in [0.2, 0.25) is 0 Å². The van der Waals surface area contributed by atoms with Crippen LogP contribution in [0, 0.1) is 11.3 Å². The number of nitrogens with one attached hydrogen (secondary N) is 1. The molecule has 5 nitrogen and oxygen atoms in total. The first-order valence-corrected chi connectivity index (χ1v) is 4.24. The lowest BCUT2D eigenvalue weighted by Crippen LogP contribution is -2.22. The summed E-state index contributed by atoms with van der Waals surface area (Å²) in [7, 11) is 1.63. The van der Waals surface area contributed by atoms with Crippen LogP contribution in [-0.2, 0) is 4.74 Å². The molecule has 1 rings (SSSR count). The first-order valence-electron chi connectivity index (χ1n) is 4.24. The zero-order valence-electron chi connectivity index (χ0n) is 8.19. The average molecular weight is 192 g/mol. The molecule has 0 saturated carbocycles. The predicted octanol–water partition coefficient (Wildman–Crippen LogP) is 0.795. The number of aromatic nitrogens is 2. The van der Waals surface area contributed by atoms with E-state index < -0.39 is 0 Å². The number of nitriles is 1. The molecule has 1 atom stereocenters. The molecule has 1 unspecified atom stereocenters. The first kappa shape index (κ1) is 10.4. The molecule has 0 radical (unpaired) electrons. The van der Waals surface area contributed by atoms with Gasteiger partial charge in [0.15, 0.2) is 11.5 Å². The van der Waals surface area contributed by atoms with Crippen LogP contribution in [0.25, 0.3) is 0 Å². The number of ether oxygens (including phenoxy) is 1. The van der Waals surface area contributed by atoms with Crippen LogP contribution >= 0.6 is 0 Å². The van der Waals surface area contributed by atoms with Crippen LogP contribution < -0.4 is 5.32 Å². The summed E-state index contributed by atoms with van der Waals surface area (Å²) in [4.78, 5) is 7.90. The highest BCUT2D eigenvalue weighted by Gasteiger charge is 2.07. The van der Waals surface area contributed by atoms with Gasteiger partial charge >= 0.3 is 0 Å². The van der Waals surface area contributed by atoms with E-state index in [4.69, 9.17) is 10.00 Å². The molecule has 0 amide bonds. The molecule has 74 valence electrons. The molecular formula is C9H12N4O. The number of hydrogen-bond donors (Lipinski definition) is 1. The van der Waals surface area contributed by atoms with Gasteiger partial charge in [-0.25, -0.2) is 9.97 Å². The summed E-state index contributed by atoms with van der Waals surface area (Å²) in [6.07, 6.45) is 3.04. The van der Waals surface area contributed by atoms with Crippen LogP contribution in [0.5, 0.6) is 0 Å². The maximum atomic E-state index is 8.74. The normalized spacial score (nSPS) is 11.8. The Morgan fingerprint density at radius 1 is 1.57 bits per heavy atom. The van der Waals surface area contributed by atoms with E-state index in [1.165, 1.54) is 6.20 Å². The first-order chi connectivity index (χ1) is 6.77. The minimum Gasteiger partial charge on any atom is -0.383 e. The topological polar surface area (TPSA) is 70.8 Å². The third kappa shape index (κ3) is 2.68. The number of nitrogens with zero attached hydrogens (tertiary/aromatic N) is 3. The van der Waals surface area contributed by atoms with Gasteiger partial charge in [-0.05, 0) is 6.92 Å². The summed E-state index contributed by atoms with van der Waals surface area (Å²) < 4.78 is 4.96. The van der Waals surface area contributed by atoms with Crippen molar-refractivity contribution in [2.45, 2.75) is 13.0 Å². The zero-order valence-corrected chi connectivity index (χ0v) is 8.19. The SMILES string of the molecule is COCC(C)Nc1nccnc1C#N. The Kier molecular flexibility index (Phi) is 3.83. The summed E-state index contributed by atoms with van der Waals surface area (Å²) in [6.45, 7) is 2.50. The second-order valence-corrected chi connectivity index (χ2v) is 2.87. The van der Waals surface area contributed by atoms with Crippen molar-refractivity contribution >= 4 is 5.82 Å². The van der Waals surface area contributed by atoms with Gasteiger partial charge in [-0.15, -0.1) is 0 Å². The van der Waals surface area contributed by atoms with Gasteiger partial charge in [-0.1, -0.05) is 0 Å². The van der Waals surface area contributed by atoms with Crippen molar-refractivity contribution in [1.82, 2.24) is 9.97 Å². The third-order valence-electron chi connectivity index (χ3n) is 1.60. The molecule has 0 bridgehead atoms. The maximum absolute atomic E-state index is 8.74. The molecule has 5 heteroatoms. The zero-order chi connectivity index (χ0) is 10.4. The lowest BCUT2D eigenvalue weighted by atomic mass is 10.3. The van der Waals surface area contributed by atoms with Gasteiger partial charge < -0.3 is 10.1 Å². The fraction of sp³-hybridized carbons (Fsp3) is 0.444. The Morgan fingerprint density at radius 2 is 2.29 bits per heavy atom. The van der Waals surface area contributed by atoms with Gasteiger partial charge in [-0.2, -0.15) is 5.26 Å². The molecule has 1 heterocycles. The smallest absolute Gasteiger partial charge is 0.182 e. The van der Waals surface area contributed by atoms with Crippen LogP contribution in [0.4, 0.5) is 5.82 Å². The molecular weight excluding hydrogens is 180 g/mol. The van der Waals surface area contributed by atoms with Gasteiger partial charge in [0.1, 0.15) is 6.07 Å². The lowest BCUT2D eigenvalue weighted by Gasteiger charge is -2.13. The summed E-state index contributed by atoms with van der Waals surface area (Å²) >= 11 is 0. The molecule has 14 heavy (non-hydrogen) atoms. The van der Waals surface area contributed by atoms with Gasteiger partial charge in [0.05, 0.1) is 6.61 Å². The molecule has 0 aliphatic rings. The quantitative estimate of drug-likeness (QED) is 0.763. The minimum atomic E-state index is 0.101. The Hall–Kier alpha value is -1.67. The van der Waals surface area contributed by atoms with Crippen LogP contribution in [-0.4, -0.2) is 29.7 Å². The van der Waals surface area contributed by atoms with Crippen LogP contribution in [0.15, 0.2) is 12.4 Å². The van der Waals surface area contributed by atoms with E-state index in [0.717, 1.165) is 0 Å². The Balaban J connectivity index is 2.71. The summed E-state index contributed by atoms with van der Waals surface area (Å²) in [5, 5.41) is 11.8. The standard InChI is InChI=1S/C9H12N4O/c1-7(6-14-2)13-9-8(5-10)11-3-4-12-9/h3-4,7H,6H2,1-2H3,(H,12,13). The molecule has 0 aliphatic heterocycles. The maximum Gasteiger partial charge on any atom is 0.182 e. The molecule has 0 spiro atoms. The highest BCUT2D eigenvalue weighted by molar-refractivity contribution is 5.47. The van der Waals surface area contributed by atoms with Crippen molar-refractivity contribution in [1.29, 1.82) is 5.26 Å². The average Bonchev–Trinajstić information content (AvgIpc) is 2.19. The molecule has 1 aromatic rings. The van der Waals surface area contributed by atoms with Crippen molar-refractivity contribution in [3.63, 3.8) is 0 Å². The van der Waals surface area contributed by atoms with E-state index in [1.807, 2.05) is 13.0 Å². The number of anilines is 1. The lowest BCUT2D eigenvalue weighted by molar-refractivity contribution is 0.190. The highest BCUT2D eigenvalue weighted by atomic mass is 16.5.